The van der Waals surface area contributed by atoms with Gasteiger partial charge in [0.1, 0.15) is 5.75 Å². The highest BCUT2D eigenvalue weighted by atomic mass is 16.5. The average molecular weight is 384 g/mol. The summed E-state index contributed by atoms with van der Waals surface area (Å²) >= 11 is 0. The Balaban J connectivity index is 1.45. The number of hydrogen-bond acceptors (Lipinski definition) is 4. The highest BCUT2D eigenvalue weighted by molar-refractivity contribution is 5.94. The molecule has 1 heterocycles. The molecule has 1 aromatic rings. The molecule has 2 aliphatic rings. The van der Waals surface area contributed by atoms with E-state index in [9.17, 15) is 14.4 Å². The van der Waals surface area contributed by atoms with Gasteiger partial charge in [-0.25, -0.2) is 0 Å². The lowest BCUT2D eigenvalue weighted by molar-refractivity contribution is -0.131. The van der Waals surface area contributed by atoms with E-state index >= 15 is 0 Å². The highest BCUT2D eigenvalue weighted by Gasteiger charge is 2.25. The van der Waals surface area contributed by atoms with Crippen LogP contribution in [-0.2, 0) is 9.59 Å². The van der Waals surface area contributed by atoms with E-state index in [2.05, 4.69) is 5.32 Å². The van der Waals surface area contributed by atoms with E-state index in [4.69, 9.17) is 4.74 Å². The van der Waals surface area contributed by atoms with Gasteiger partial charge < -0.3 is 15.0 Å². The molecule has 1 aliphatic carbocycles. The van der Waals surface area contributed by atoms with Gasteiger partial charge >= 0.3 is 5.97 Å². The summed E-state index contributed by atoms with van der Waals surface area (Å²) in [4.78, 5) is 37.6. The predicted molar refractivity (Wildman–Crippen MR) is 106 cm³/mol. The van der Waals surface area contributed by atoms with Crippen molar-refractivity contribution >= 4 is 17.8 Å². The molecule has 1 N–H and O–H groups in total. The number of piperidine rings is 1. The molecule has 0 bridgehead atoms. The molecule has 28 heavy (non-hydrogen) atoms. The first-order chi connectivity index (χ1) is 13.4. The van der Waals surface area contributed by atoms with Gasteiger partial charge in [0.15, 0.2) is 0 Å². The summed E-state index contributed by atoms with van der Waals surface area (Å²) in [5.74, 6) is 0.902. The van der Waals surface area contributed by atoms with Crippen LogP contribution in [0.25, 0.3) is 0 Å². The zero-order valence-corrected chi connectivity index (χ0v) is 16.6. The molecule has 1 saturated heterocycles. The van der Waals surface area contributed by atoms with Crippen molar-refractivity contribution < 1.29 is 19.1 Å². The van der Waals surface area contributed by atoms with Crippen LogP contribution in [0, 0.1) is 11.8 Å². The minimum atomic E-state index is -0.408. The smallest absolute Gasteiger partial charge is 0.308 e. The largest absolute Gasteiger partial charge is 0.427 e. The van der Waals surface area contributed by atoms with Crippen molar-refractivity contribution in [1.29, 1.82) is 0 Å². The number of likely N-dealkylation sites (tertiary alicyclic amines) is 1. The van der Waals surface area contributed by atoms with Crippen LogP contribution in [0.2, 0.25) is 0 Å². The van der Waals surface area contributed by atoms with E-state index in [1.807, 2.05) is 11.8 Å². The molecule has 3 rings (SSSR count). The molecule has 2 amide bonds. The number of carbonyl (C=O) groups excluding carboxylic acids is 3. The SMILES string of the molecule is CC(=O)Oc1cccc(C(=O)N2CCC(CNC(=O)/C=C(\C)C3CC3)CC2)c1. The molecule has 1 aromatic carbocycles. The molecule has 150 valence electrons. The third-order valence-electron chi connectivity index (χ3n) is 5.39. The molecular weight excluding hydrogens is 356 g/mol. The zero-order valence-electron chi connectivity index (χ0n) is 16.6. The first-order valence-corrected chi connectivity index (χ1v) is 9.96. The molecule has 0 spiro atoms. The maximum atomic E-state index is 12.7. The lowest BCUT2D eigenvalue weighted by Crippen LogP contribution is -2.41. The Morgan fingerprint density at radius 1 is 1.14 bits per heavy atom. The Morgan fingerprint density at radius 3 is 2.50 bits per heavy atom. The second-order valence-electron chi connectivity index (χ2n) is 7.76. The van der Waals surface area contributed by atoms with E-state index in [-0.39, 0.29) is 11.8 Å². The summed E-state index contributed by atoms with van der Waals surface area (Å²) in [5.41, 5.74) is 1.69. The third-order valence-corrected chi connectivity index (χ3v) is 5.39. The lowest BCUT2D eigenvalue weighted by atomic mass is 9.96. The molecule has 0 radical (unpaired) electrons. The summed E-state index contributed by atoms with van der Waals surface area (Å²) in [6.07, 6.45) is 5.85. The van der Waals surface area contributed by atoms with Gasteiger partial charge in [-0.15, -0.1) is 0 Å². The lowest BCUT2D eigenvalue weighted by Gasteiger charge is -2.32. The fraction of sp³-hybridized carbons (Fsp3) is 0.500. The number of ether oxygens (including phenoxy) is 1. The number of nitrogens with zero attached hydrogens (tertiary/aromatic N) is 1. The number of carbonyl (C=O) groups is 3. The number of hydrogen-bond donors (Lipinski definition) is 1. The standard InChI is InChI=1S/C22H28N2O4/c1-15(18-6-7-18)12-21(26)23-14-17-8-10-24(11-9-17)22(27)19-4-3-5-20(13-19)28-16(2)25/h3-5,12-13,17-18H,6-11,14H2,1-2H3,(H,23,26)/b15-12+. The van der Waals surface area contributed by atoms with Crippen LogP contribution < -0.4 is 10.1 Å². The van der Waals surface area contributed by atoms with Crippen LogP contribution in [0.5, 0.6) is 5.75 Å². The second-order valence-corrected chi connectivity index (χ2v) is 7.76. The summed E-state index contributed by atoms with van der Waals surface area (Å²) < 4.78 is 5.06. The van der Waals surface area contributed by atoms with Crippen LogP contribution in [-0.4, -0.2) is 42.3 Å². The molecular formula is C22H28N2O4. The van der Waals surface area contributed by atoms with Gasteiger partial charge in [-0.2, -0.15) is 0 Å². The fourth-order valence-electron chi connectivity index (χ4n) is 3.54. The summed E-state index contributed by atoms with van der Waals surface area (Å²) in [6.45, 7) is 5.33. The minimum absolute atomic E-state index is 0.00908. The molecule has 0 aromatic heterocycles. The number of amides is 2. The summed E-state index contributed by atoms with van der Waals surface area (Å²) in [5, 5.41) is 3.00. The van der Waals surface area contributed by atoms with Crippen LogP contribution >= 0.6 is 0 Å². The first kappa shape index (κ1) is 20.1. The number of nitrogens with one attached hydrogen (secondary N) is 1. The number of benzene rings is 1. The molecule has 2 fully saturated rings. The summed E-state index contributed by atoms with van der Waals surface area (Å²) in [7, 11) is 0. The van der Waals surface area contributed by atoms with Crippen molar-refractivity contribution in [2.24, 2.45) is 11.8 Å². The van der Waals surface area contributed by atoms with Crippen molar-refractivity contribution in [3.63, 3.8) is 0 Å². The molecule has 1 aliphatic heterocycles. The van der Waals surface area contributed by atoms with Crippen molar-refractivity contribution in [2.75, 3.05) is 19.6 Å². The molecule has 6 nitrogen and oxygen atoms in total. The van der Waals surface area contributed by atoms with Gasteiger partial charge in [0.05, 0.1) is 0 Å². The predicted octanol–water partition coefficient (Wildman–Crippen LogP) is 2.94. The van der Waals surface area contributed by atoms with Crippen molar-refractivity contribution in [1.82, 2.24) is 10.2 Å². The molecule has 0 unspecified atom stereocenters. The number of esters is 1. The first-order valence-electron chi connectivity index (χ1n) is 9.96. The maximum Gasteiger partial charge on any atom is 0.308 e. The third kappa shape index (κ3) is 5.68. The van der Waals surface area contributed by atoms with E-state index < -0.39 is 5.97 Å². The Bertz CT molecular complexity index is 774. The van der Waals surface area contributed by atoms with Crippen molar-refractivity contribution in [2.45, 2.75) is 39.5 Å². The number of rotatable bonds is 6. The van der Waals surface area contributed by atoms with Gasteiger partial charge in [0.25, 0.3) is 5.91 Å². The minimum Gasteiger partial charge on any atom is -0.427 e. The van der Waals surface area contributed by atoms with Crippen LogP contribution in [0.4, 0.5) is 0 Å². The van der Waals surface area contributed by atoms with E-state index in [1.54, 1.807) is 30.3 Å². The van der Waals surface area contributed by atoms with Crippen LogP contribution in [0.3, 0.4) is 0 Å². The zero-order chi connectivity index (χ0) is 20.1. The van der Waals surface area contributed by atoms with E-state index in [0.29, 0.717) is 42.8 Å². The topological polar surface area (TPSA) is 75.7 Å². The fourth-order valence-corrected chi connectivity index (χ4v) is 3.54. The normalized spacial score (nSPS) is 17.9. The monoisotopic (exact) mass is 384 g/mol. The maximum absolute atomic E-state index is 12.7. The Morgan fingerprint density at radius 2 is 1.86 bits per heavy atom. The molecule has 0 atom stereocenters. The highest BCUT2D eigenvalue weighted by Crippen LogP contribution is 2.35. The van der Waals surface area contributed by atoms with E-state index in [0.717, 1.165) is 12.8 Å². The van der Waals surface area contributed by atoms with Crippen LogP contribution in [0.1, 0.15) is 49.9 Å². The average Bonchev–Trinajstić information content (AvgIpc) is 3.51. The quantitative estimate of drug-likeness (QED) is 0.465. The van der Waals surface area contributed by atoms with Gasteiger partial charge in [0.2, 0.25) is 5.91 Å². The Kier molecular flexibility index (Phi) is 6.49. The van der Waals surface area contributed by atoms with Gasteiger partial charge in [-0.05, 0) is 62.6 Å². The van der Waals surface area contributed by atoms with Crippen molar-refractivity contribution in [3.8, 4) is 5.75 Å². The van der Waals surface area contributed by atoms with Gasteiger partial charge in [-0.1, -0.05) is 11.6 Å². The van der Waals surface area contributed by atoms with Crippen LogP contribution in [0.15, 0.2) is 35.9 Å². The second kappa shape index (κ2) is 9.04. The Hall–Kier alpha value is -2.63. The molecule has 6 heteroatoms. The van der Waals surface area contributed by atoms with Crippen molar-refractivity contribution in [3.05, 3.63) is 41.5 Å². The Labute approximate surface area is 165 Å². The van der Waals surface area contributed by atoms with E-state index in [1.165, 1.54) is 25.3 Å². The van der Waals surface area contributed by atoms with Gasteiger partial charge in [-0.3, -0.25) is 14.4 Å². The molecule has 1 saturated carbocycles. The summed E-state index contributed by atoms with van der Waals surface area (Å²) in [6, 6.07) is 6.71. The van der Waals surface area contributed by atoms with Gasteiger partial charge in [0, 0.05) is 38.2 Å². The number of allylic oxidation sites excluding steroid dienone is 1.